The minimum absolute atomic E-state index is 0.0692. The van der Waals surface area contributed by atoms with E-state index in [1.165, 1.54) is 4.68 Å². The van der Waals surface area contributed by atoms with Gasteiger partial charge in [0.05, 0.1) is 23.5 Å². The number of hydrogen-bond acceptors (Lipinski definition) is 4. The Labute approximate surface area is 144 Å². The molecule has 7 heteroatoms. The second-order valence-electron chi connectivity index (χ2n) is 6.47. The number of hydrogen-bond donors (Lipinski definition) is 1. The minimum atomic E-state index is -0.152. The average Bonchev–Trinajstić information content (AvgIpc) is 3.09. The van der Waals surface area contributed by atoms with Crippen LogP contribution in [0.3, 0.4) is 0 Å². The highest BCUT2D eigenvalue weighted by Crippen LogP contribution is 2.31. The highest BCUT2D eigenvalue weighted by molar-refractivity contribution is 5.88. The van der Waals surface area contributed by atoms with Crippen LogP contribution in [0.5, 0.6) is 0 Å². The van der Waals surface area contributed by atoms with Gasteiger partial charge in [-0.05, 0) is 25.0 Å². The van der Waals surface area contributed by atoms with Crippen molar-refractivity contribution in [2.75, 3.05) is 0 Å². The number of aryl methyl sites for hydroxylation is 1. The number of rotatable bonds is 4. The van der Waals surface area contributed by atoms with Crippen LogP contribution < -0.4 is 10.9 Å². The van der Waals surface area contributed by atoms with Gasteiger partial charge in [0.1, 0.15) is 0 Å². The summed E-state index contributed by atoms with van der Waals surface area (Å²) in [7, 11) is 1.61. The predicted molar refractivity (Wildman–Crippen MR) is 93.1 cm³/mol. The lowest BCUT2D eigenvalue weighted by Gasteiger charge is -2.35. The van der Waals surface area contributed by atoms with E-state index in [1.54, 1.807) is 19.3 Å². The molecule has 0 radical (unpaired) electrons. The summed E-state index contributed by atoms with van der Waals surface area (Å²) in [6, 6.07) is 9.70. The number of aromatic nitrogens is 4. The number of carbonyl (C=O) groups excluding carboxylic acids is 1. The largest absolute Gasteiger partial charge is 0.353 e. The summed E-state index contributed by atoms with van der Waals surface area (Å²) in [5.41, 5.74) is 0.471. The van der Waals surface area contributed by atoms with Crippen LogP contribution in [0.2, 0.25) is 0 Å². The van der Waals surface area contributed by atoms with Crippen molar-refractivity contribution in [3.05, 3.63) is 58.8 Å². The van der Waals surface area contributed by atoms with Gasteiger partial charge in [0.2, 0.25) is 5.91 Å². The van der Waals surface area contributed by atoms with Gasteiger partial charge in [-0.25, -0.2) is 4.68 Å². The van der Waals surface area contributed by atoms with Gasteiger partial charge in [-0.3, -0.25) is 14.3 Å². The predicted octanol–water partition coefficient (Wildman–Crippen LogP) is 1.19. The quantitative estimate of drug-likeness (QED) is 0.775. The molecule has 0 spiro atoms. The Morgan fingerprint density at radius 2 is 2.00 bits per heavy atom. The smallest absolute Gasteiger partial charge is 0.274 e. The van der Waals surface area contributed by atoms with Crippen molar-refractivity contribution in [2.24, 2.45) is 7.05 Å². The number of carbonyl (C=O) groups is 1. The summed E-state index contributed by atoms with van der Waals surface area (Å²) >= 11 is 0. The molecule has 1 aromatic carbocycles. The van der Waals surface area contributed by atoms with E-state index in [9.17, 15) is 9.59 Å². The number of nitrogens with zero attached hydrogens (tertiary/aromatic N) is 4. The maximum atomic E-state index is 12.4. The third-order valence-corrected chi connectivity index (χ3v) is 4.74. The van der Waals surface area contributed by atoms with E-state index >= 15 is 0 Å². The molecule has 1 saturated carbocycles. The molecule has 0 bridgehead atoms. The Kier molecular flexibility index (Phi) is 3.83. The zero-order valence-corrected chi connectivity index (χ0v) is 13.9. The fourth-order valence-electron chi connectivity index (χ4n) is 3.36. The van der Waals surface area contributed by atoms with Gasteiger partial charge in [0.15, 0.2) is 0 Å². The lowest BCUT2D eigenvalue weighted by molar-refractivity contribution is -0.122. The molecule has 1 amide bonds. The molecule has 1 aliphatic rings. The number of amides is 1. The minimum Gasteiger partial charge on any atom is -0.353 e. The number of nitrogens with one attached hydrogen (secondary N) is 1. The molecule has 1 fully saturated rings. The molecule has 2 aromatic heterocycles. The third kappa shape index (κ3) is 2.93. The van der Waals surface area contributed by atoms with Crippen LogP contribution in [0.4, 0.5) is 0 Å². The Morgan fingerprint density at radius 3 is 2.72 bits per heavy atom. The van der Waals surface area contributed by atoms with E-state index in [2.05, 4.69) is 15.5 Å². The van der Waals surface area contributed by atoms with Gasteiger partial charge in [0, 0.05) is 30.9 Å². The molecule has 1 N–H and O–H groups in total. The molecule has 3 aromatic rings. The Morgan fingerprint density at radius 1 is 1.24 bits per heavy atom. The molecule has 0 unspecified atom stereocenters. The fourth-order valence-corrected chi connectivity index (χ4v) is 3.36. The fraction of sp³-hybridized carbons (Fsp3) is 0.333. The molecule has 0 atom stereocenters. The Balaban J connectivity index is 1.44. The van der Waals surface area contributed by atoms with Crippen molar-refractivity contribution in [2.45, 2.75) is 31.3 Å². The Bertz CT molecular complexity index is 971. The number of fused-ring (bicyclic) bond motifs is 1. The summed E-state index contributed by atoms with van der Waals surface area (Å²) in [5, 5.41) is 12.9. The molecule has 0 saturated heterocycles. The molecule has 7 nitrogen and oxygen atoms in total. The number of benzene rings is 1. The van der Waals surface area contributed by atoms with Gasteiger partial charge in [-0.2, -0.15) is 10.2 Å². The van der Waals surface area contributed by atoms with E-state index in [0.717, 1.165) is 18.2 Å². The van der Waals surface area contributed by atoms with Crippen molar-refractivity contribution in [1.82, 2.24) is 24.9 Å². The summed E-state index contributed by atoms with van der Waals surface area (Å²) in [6.07, 6.45) is 5.65. The molecule has 1 aliphatic carbocycles. The van der Waals surface area contributed by atoms with Crippen LogP contribution in [-0.2, 0) is 18.3 Å². The zero-order valence-electron chi connectivity index (χ0n) is 13.9. The summed E-state index contributed by atoms with van der Waals surface area (Å²) in [6.45, 7) is 0. The molecule has 2 heterocycles. The van der Waals surface area contributed by atoms with Crippen molar-refractivity contribution in [1.29, 1.82) is 0 Å². The van der Waals surface area contributed by atoms with Crippen molar-refractivity contribution in [3.8, 4) is 0 Å². The highest BCUT2D eigenvalue weighted by atomic mass is 16.2. The maximum Gasteiger partial charge on any atom is 0.274 e. The van der Waals surface area contributed by atoms with E-state index < -0.39 is 0 Å². The van der Waals surface area contributed by atoms with E-state index in [1.807, 2.05) is 35.1 Å². The van der Waals surface area contributed by atoms with Crippen molar-refractivity contribution < 1.29 is 4.79 Å². The topological polar surface area (TPSA) is 81.8 Å². The van der Waals surface area contributed by atoms with Crippen LogP contribution in [0.25, 0.3) is 10.8 Å². The Hall–Kier alpha value is -2.96. The third-order valence-electron chi connectivity index (χ3n) is 4.74. The maximum absolute atomic E-state index is 12.4. The van der Waals surface area contributed by atoms with E-state index in [-0.39, 0.29) is 23.9 Å². The molecule has 0 aliphatic heterocycles. The lowest BCUT2D eigenvalue weighted by atomic mass is 9.86. The average molecular weight is 337 g/mol. The zero-order chi connectivity index (χ0) is 17.4. The standard InChI is InChI=1S/C18H19N5O2/c1-22-18(25)15-6-3-2-5-14(15)16(21-22)11-17(24)20-12-9-13(10-12)23-8-4-7-19-23/h2-8,12-13H,9-11H2,1H3,(H,20,24). The van der Waals surface area contributed by atoms with Gasteiger partial charge in [0.25, 0.3) is 5.56 Å². The normalized spacial score (nSPS) is 19.6. The van der Waals surface area contributed by atoms with E-state index in [0.29, 0.717) is 17.1 Å². The summed E-state index contributed by atoms with van der Waals surface area (Å²) in [4.78, 5) is 24.5. The van der Waals surface area contributed by atoms with Gasteiger partial charge < -0.3 is 5.32 Å². The second kappa shape index (κ2) is 6.16. The van der Waals surface area contributed by atoms with Crippen molar-refractivity contribution >= 4 is 16.7 Å². The first-order valence-corrected chi connectivity index (χ1v) is 8.35. The SMILES string of the molecule is Cn1nc(CC(=O)NC2CC(n3cccn3)C2)c2ccccc2c1=O. The summed E-state index contributed by atoms with van der Waals surface area (Å²) < 4.78 is 3.23. The first-order chi connectivity index (χ1) is 12.1. The van der Waals surface area contributed by atoms with Crippen LogP contribution in [0.15, 0.2) is 47.5 Å². The molecule has 25 heavy (non-hydrogen) atoms. The first-order valence-electron chi connectivity index (χ1n) is 8.35. The monoisotopic (exact) mass is 337 g/mol. The highest BCUT2D eigenvalue weighted by Gasteiger charge is 2.31. The van der Waals surface area contributed by atoms with Crippen LogP contribution >= 0.6 is 0 Å². The molecule has 128 valence electrons. The van der Waals surface area contributed by atoms with Gasteiger partial charge in [-0.1, -0.05) is 18.2 Å². The van der Waals surface area contributed by atoms with Crippen molar-refractivity contribution in [3.63, 3.8) is 0 Å². The van der Waals surface area contributed by atoms with Gasteiger partial charge in [-0.15, -0.1) is 0 Å². The summed E-state index contributed by atoms with van der Waals surface area (Å²) in [5.74, 6) is -0.0692. The molecular formula is C18H19N5O2. The van der Waals surface area contributed by atoms with Crippen LogP contribution in [-0.4, -0.2) is 31.5 Å². The molecular weight excluding hydrogens is 318 g/mol. The second-order valence-corrected chi connectivity index (χ2v) is 6.47. The van der Waals surface area contributed by atoms with E-state index in [4.69, 9.17) is 0 Å². The van der Waals surface area contributed by atoms with Crippen LogP contribution in [0.1, 0.15) is 24.6 Å². The van der Waals surface area contributed by atoms with Crippen LogP contribution in [0, 0.1) is 0 Å². The van der Waals surface area contributed by atoms with Gasteiger partial charge >= 0.3 is 0 Å². The first kappa shape index (κ1) is 15.6. The molecule has 4 rings (SSSR count). The lowest BCUT2D eigenvalue weighted by Crippen LogP contribution is -2.45.